The Kier molecular flexibility index (Phi) is 6.95. The third-order valence-electron chi connectivity index (χ3n) is 4.95. The number of pyridine rings is 1. The summed E-state index contributed by atoms with van der Waals surface area (Å²) in [5, 5.41) is 12.0. The third-order valence-corrected chi connectivity index (χ3v) is 6.29. The second kappa shape index (κ2) is 9.65. The maximum absolute atomic E-state index is 12.4. The van der Waals surface area contributed by atoms with Gasteiger partial charge in [0.15, 0.2) is 0 Å². The van der Waals surface area contributed by atoms with Crippen molar-refractivity contribution in [2.24, 2.45) is 5.92 Å². The van der Waals surface area contributed by atoms with Crippen LogP contribution in [0.1, 0.15) is 28.5 Å². The number of ether oxygens (including phenoxy) is 1. The summed E-state index contributed by atoms with van der Waals surface area (Å²) in [6.07, 6.45) is 1.42. The minimum Gasteiger partial charge on any atom is -0.462 e. The lowest BCUT2D eigenvalue weighted by molar-refractivity contribution is 0.0525. The first-order valence-corrected chi connectivity index (χ1v) is 11.4. The van der Waals surface area contributed by atoms with Crippen LogP contribution in [0.15, 0.2) is 41.4 Å². The van der Waals surface area contributed by atoms with Crippen molar-refractivity contribution in [3.05, 3.63) is 53.3 Å². The van der Waals surface area contributed by atoms with Gasteiger partial charge >= 0.3 is 12.0 Å². The van der Waals surface area contributed by atoms with E-state index in [-0.39, 0.29) is 35.1 Å². The first kappa shape index (κ1) is 23.0. The molecular weight excluding hydrogens is 434 g/mol. The molecule has 2 N–H and O–H groups in total. The monoisotopic (exact) mass is 457 g/mol. The molecular formula is C21H23N5O5S. The number of hydrogen-bond donors (Lipinski definition) is 2. The molecule has 3 rings (SSSR count). The molecule has 2 amide bonds. The largest absolute Gasteiger partial charge is 0.462 e. The number of carbonyl (C=O) groups excluding carboxylic acids is 2. The van der Waals surface area contributed by atoms with E-state index in [9.17, 15) is 23.3 Å². The van der Waals surface area contributed by atoms with Crippen LogP contribution >= 0.6 is 0 Å². The van der Waals surface area contributed by atoms with Crippen LogP contribution in [-0.2, 0) is 14.8 Å². The van der Waals surface area contributed by atoms with Gasteiger partial charge in [-0.1, -0.05) is 18.2 Å². The number of aromatic nitrogens is 1. The van der Waals surface area contributed by atoms with Crippen LogP contribution in [0, 0.1) is 24.2 Å². The minimum atomic E-state index is -3.95. The van der Waals surface area contributed by atoms with E-state index in [1.54, 1.807) is 32.0 Å². The maximum atomic E-state index is 12.4. The van der Waals surface area contributed by atoms with Gasteiger partial charge in [0, 0.05) is 31.7 Å². The van der Waals surface area contributed by atoms with Crippen molar-refractivity contribution in [1.29, 1.82) is 5.26 Å². The molecule has 2 heterocycles. The van der Waals surface area contributed by atoms with Gasteiger partial charge in [0.1, 0.15) is 11.6 Å². The number of hydrogen-bond acceptors (Lipinski definition) is 8. The Morgan fingerprint density at radius 2 is 1.97 bits per heavy atom. The highest BCUT2D eigenvalue weighted by atomic mass is 32.2. The Morgan fingerprint density at radius 3 is 2.59 bits per heavy atom. The predicted molar refractivity (Wildman–Crippen MR) is 116 cm³/mol. The Bertz CT molecular complexity index is 1160. The van der Waals surface area contributed by atoms with Crippen LogP contribution in [0.3, 0.4) is 0 Å². The molecule has 0 atom stereocenters. The summed E-state index contributed by atoms with van der Waals surface area (Å²) < 4.78 is 31.5. The summed E-state index contributed by atoms with van der Waals surface area (Å²) in [5.74, 6) is -0.535. The Hall–Kier alpha value is -3.65. The number of nitrogens with zero attached hydrogens (tertiary/aromatic N) is 3. The zero-order valence-corrected chi connectivity index (χ0v) is 18.5. The van der Waals surface area contributed by atoms with Crippen molar-refractivity contribution in [3.8, 4) is 6.07 Å². The lowest BCUT2D eigenvalue weighted by atomic mass is 9.96. The van der Waals surface area contributed by atoms with Gasteiger partial charge in [-0.25, -0.2) is 22.7 Å². The number of amides is 2. The van der Waals surface area contributed by atoms with Gasteiger partial charge in [-0.2, -0.15) is 5.26 Å². The number of carbonyl (C=O) groups is 2. The number of sulfonamides is 1. The molecule has 10 nitrogen and oxygen atoms in total. The summed E-state index contributed by atoms with van der Waals surface area (Å²) in [6.45, 7) is 4.73. The molecule has 11 heteroatoms. The van der Waals surface area contributed by atoms with Crippen molar-refractivity contribution in [3.63, 3.8) is 0 Å². The average Bonchev–Trinajstić information content (AvgIpc) is 2.73. The number of nitriles is 1. The number of aryl methyl sites for hydroxylation is 1. The molecule has 168 valence electrons. The van der Waals surface area contributed by atoms with Crippen molar-refractivity contribution in [2.75, 3.05) is 31.1 Å². The molecule has 0 radical (unpaired) electrons. The third kappa shape index (κ3) is 4.97. The summed E-state index contributed by atoms with van der Waals surface area (Å²) in [7, 11) is -3.95. The number of nitrogens with one attached hydrogen (secondary N) is 2. The van der Waals surface area contributed by atoms with E-state index in [1.165, 1.54) is 18.3 Å². The minimum absolute atomic E-state index is 0.00597. The van der Waals surface area contributed by atoms with Gasteiger partial charge in [0.2, 0.25) is 0 Å². The van der Waals surface area contributed by atoms with E-state index in [2.05, 4.69) is 16.4 Å². The van der Waals surface area contributed by atoms with Crippen LogP contribution in [0.2, 0.25) is 0 Å². The van der Waals surface area contributed by atoms with E-state index in [0.717, 1.165) is 0 Å². The lowest BCUT2D eigenvalue weighted by Crippen LogP contribution is -2.53. The molecule has 1 fully saturated rings. The van der Waals surface area contributed by atoms with E-state index < -0.39 is 22.0 Å². The summed E-state index contributed by atoms with van der Waals surface area (Å²) in [6, 6.07) is 8.83. The van der Waals surface area contributed by atoms with Gasteiger partial charge in [-0.05, 0) is 26.0 Å². The maximum Gasteiger partial charge on any atom is 0.342 e. The number of benzene rings is 1. The highest BCUT2D eigenvalue weighted by Gasteiger charge is 2.33. The van der Waals surface area contributed by atoms with Crippen molar-refractivity contribution in [2.45, 2.75) is 18.7 Å². The molecule has 1 aliphatic rings. The van der Waals surface area contributed by atoms with Gasteiger partial charge in [0.05, 0.1) is 28.4 Å². The van der Waals surface area contributed by atoms with Crippen molar-refractivity contribution >= 4 is 27.7 Å². The molecule has 0 bridgehead atoms. The molecule has 0 unspecified atom stereocenters. The highest BCUT2D eigenvalue weighted by Crippen LogP contribution is 2.32. The fraction of sp³-hybridized carbons (Fsp3) is 0.333. The molecule has 32 heavy (non-hydrogen) atoms. The second-order valence-electron chi connectivity index (χ2n) is 7.21. The number of esters is 1. The number of anilines is 1. The normalized spacial score (nSPS) is 13.6. The Labute approximate surface area is 186 Å². The van der Waals surface area contributed by atoms with Gasteiger partial charge in [-0.15, -0.1) is 0 Å². The quantitative estimate of drug-likeness (QED) is 0.597. The molecule has 0 aliphatic carbocycles. The molecule has 2 aromatic rings. The number of urea groups is 1. The zero-order chi connectivity index (χ0) is 23.3. The van der Waals surface area contributed by atoms with Crippen LogP contribution in [0.4, 0.5) is 10.5 Å². The van der Waals surface area contributed by atoms with E-state index in [4.69, 9.17) is 4.74 Å². The first-order chi connectivity index (χ1) is 15.3. The second-order valence-corrected chi connectivity index (χ2v) is 8.90. The van der Waals surface area contributed by atoms with E-state index in [0.29, 0.717) is 24.5 Å². The summed E-state index contributed by atoms with van der Waals surface area (Å²) >= 11 is 0. The summed E-state index contributed by atoms with van der Waals surface area (Å²) in [4.78, 5) is 30.5. The zero-order valence-electron chi connectivity index (χ0n) is 17.7. The van der Waals surface area contributed by atoms with Gasteiger partial charge < -0.3 is 15.0 Å². The van der Waals surface area contributed by atoms with Crippen LogP contribution in [0.25, 0.3) is 0 Å². The highest BCUT2D eigenvalue weighted by molar-refractivity contribution is 7.90. The fourth-order valence-corrected chi connectivity index (χ4v) is 4.34. The van der Waals surface area contributed by atoms with Crippen molar-refractivity contribution in [1.82, 2.24) is 15.0 Å². The fourth-order valence-electron chi connectivity index (χ4n) is 3.39. The Morgan fingerprint density at radius 1 is 1.28 bits per heavy atom. The topological polar surface area (TPSA) is 141 Å². The first-order valence-electron chi connectivity index (χ1n) is 9.94. The predicted octanol–water partition coefficient (Wildman–Crippen LogP) is 1.56. The molecule has 1 saturated heterocycles. The molecule has 1 aliphatic heterocycles. The van der Waals surface area contributed by atoms with E-state index in [1.807, 2.05) is 9.62 Å². The molecule has 0 saturated carbocycles. The standard InChI is InChI=1S/C21H23N5O5S/c1-3-31-20(27)18-14(2)23-11-16(9-22)19(18)26-12-15(13-26)10-24-21(28)25-32(29,30)17-7-5-4-6-8-17/h4-8,11,15H,3,10,12-13H2,1-2H3,(H2,24,25,28). The average molecular weight is 458 g/mol. The van der Waals surface area contributed by atoms with Crippen LogP contribution < -0.4 is 14.9 Å². The van der Waals surface area contributed by atoms with Crippen molar-refractivity contribution < 1.29 is 22.7 Å². The molecule has 1 aromatic heterocycles. The number of rotatable bonds is 7. The Balaban J connectivity index is 1.61. The van der Waals surface area contributed by atoms with Crippen LogP contribution in [0.5, 0.6) is 0 Å². The lowest BCUT2D eigenvalue weighted by Gasteiger charge is -2.42. The van der Waals surface area contributed by atoms with Gasteiger partial charge in [0.25, 0.3) is 10.0 Å². The van der Waals surface area contributed by atoms with E-state index >= 15 is 0 Å². The SMILES string of the molecule is CCOC(=O)c1c(C)ncc(C#N)c1N1CC(CNC(=O)NS(=O)(=O)c2ccccc2)C1. The molecule has 1 aromatic carbocycles. The van der Waals surface area contributed by atoms with Gasteiger partial charge in [-0.3, -0.25) is 4.98 Å². The van der Waals surface area contributed by atoms with Crippen LogP contribution in [-0.4, -0.2) is 51.6 Å². The smallest absolute Gasteiger partial charge is 0.342 e. The summed E-state index contributed by atoms with van der Waals surface area (Å²) in [5.41, 5.74) is 1.44. The molecule has 0 spiro atoms.